The minimum atomic E-state index is -0.500. The van der Waals surface area contributed by atoms with Crippen LogP contribution in [0.15, 0.2) is 48.9 Å². The Labute approximate surface area is 193 Å². The molecule has 8 nitrogen and oxygen atoms in total. The molecule has 1 atom stereocenters. The average molecular weight is 447 g/mol. The summed E-state index contributed by atoms with van der Waals surface area (Å²) < 4.78 is 9.34. The lowest BCUT2D eigenvalue weighted by Gasteiger charge is -2.22. The maximum atomic E-state index is 13.7. The molecule has 4 rings (SSSR count). The lowest BCUT2D eigenvalue weighted by molar-refractivity contribution is 0.0942. The van der Waals surface area contributed by atoms with Crippen molar-refractivity contribution in [1.29, 1.82) is 0 Å². The molecule has 0 bridgehead atoms. The van der Waals surface area contributed by atoms with Crippen LogP contribution in [0.3, 0.4) is 0 Å². The number of hydrogen-bond donors (Lipinski definition) is 1. The number of benzene rings is 1. The standard InChI is InChI=1S/C25H30N6O2/c1-15(2)20-13-18(19-14-27-31(16(3)4)23(19)28-20)25(32)29-22(24-26-11-12-30(24)5)17-9-7-8-10-21(17)33-6/h7-16,22H,1-6H3,(H,29,32). The fourth-order valence-electron chi connectivity index (χ4n) is 3.95. The number of fused-ring (bicyclic) bond motifs is 1. The van der Waals surface area contributed by atoms with Crippen LogP contribution in [0, 0.1) is 0 Å². The first-order valence-electron chi connectivity index (χ1n) is 11.1. The second-order valence-corrected chi connectivity index (χ2v) is 8.71. The molecule has 0 aliphatic rings. The Balaban J connectivity index is 1.83. The van der Waals surface area contributed by atoms with E-state index in [4.69, 9.17) is 9.72 Å². The van der Waals surface area contributed by atoms with E-state index in [2.05, 4.69) is 43.1 Å². The summed E-state index contributed by atoms with van der Waals surface area (Å²) in [6, 6.07) is 9.14. The molecule has 0 aliphatic carbocycles. The number of ether oxygens (including phenoxy) is 1. The number of amides is 1. The second-order valence-electron chi connectivity index (χ2n) is 8.71. The predicted molar refractivity (Wildman–Crippen MR) is 128 cm³/mol. The van der Waals surface area contributed by atoms with Gasteiger partial charge in [-0.15, -0.1) is 0 Å². The molecule has 33 heavy (non-hydrogen) atoms. The topological polar surface area (TPSA) is 86.9 Å². The van der Waals surface area contributed by atoms with E-state index in [1.165, 1.54) is 0 Å². The van der Waals surface area contributed by atoms with E-state index in [1.54, 1.807) is 19.5 Å². The smallest absolute Gasteiger partial charge is 0.253 e. The van der Waals surface area contributed by atoms with E-state index in [9.17, 15) is 4.79 Å². The van der Waals surface area contributed by atoms with E-state index in [-0.39, 0.29) is 17.9 Å². The summed E-state index contributed by atoms with van der Waals surface area (Å²) in [6.07, 6.45) is 5.30. The van der Waals surface area contributed by atoms with Gasteiger partial charge in [-0.1, -0.05) is 32.0 Å². The van der Waals surface area contributed by atoms with E-state index >= 15 is 0 Å². The highest BCUT2D eigenvalue weighted by molar-refractivity contribution is 6.05. The van der Waals surface area contributed by atoms with Gasteiger partial charge in [0, 0.05) is 36.7 Å². The van der Waals surface area contributed by atoms with Gasteiger partial charge in [0.15, 0.2) is 5.65 Å². The first-order valence-corrected chi connectivity index (χ1v) is 11.1. The summed E-state index contributed by atoms with van der Waals surface area (Å²) in [5, 5.41) is 8.43. The molecule has 1 N–H and O–H groups in total. The van der Waals surface area contributed by atoms with Crippen molar-refractivity contribution < 1.29 is 9.53 Å². The molecule has 1 unspecified atom stereocenters. The molecule has 8 heteroatoms. The van der Waals surface area contributed by atoms with Gasteiger partial charge in [-0.25, -0.2) is 14.6 Å². The average Bonchev–Trinajstić information content (AvgIpc) is 3.42. The predicted octanol–water partition coefficient (Wildman–Crippen LogP) is 4.40. The van der Waals surface area contributed by atoms with Crippen LogP contribution >= 0.6 is 0 Å². The monoisotopic (exact) mass is 446 g/mol. The Bertz CT molecular complexity index is 1290. The largest absolute Gasteiger partial charge is 0.496 e. The molecular formula is C25H30N6O2. The number of imidazole rings is 1. The molecular weight excluding hydrogens is 416 g/mol. The van der Waals surface area contributed by atoms with E-state index in [0.29, 0.717) is 22.8 Å². The highest BCUT2D eigenvalue weighted by atomic mass is 16.5. The number of methoxy groups -OCH3 is 1. The van der Waals surface area contributed by atoms with Gasteiger partial charge in [0.1, 0.15) is 17.6 Å². The van der Waals surface area contributed by atoms with Gasteiger partial charge in [-0.05, 0) is 31.9 Å². The summed E-state index contributed by atoms with van der Waals surface area (Å²) >= 11 is 0. The molecule has 0 fully saturated rings. The molecule has 0 saturated carbocycles. The van der Waals surface area contributed by atoms with Crippen LogP contribution in [0.1, 0.15) is 73.1 Å². The maximum Gasteiger partial charge on any atom is 0.253 e. The number of carbonyl (C=O) groups is 1. The van der Waals surface area contributed by atoms with Crippen molar-refractivity contribution >= 4 is 16.9 Å². The molecule has 4 aromatic rings. The normalized spacial score (nSPS) is 12.5. The molecule has 0 spiro atoms. The highest BCUT2D eigenvalue weighted by Crippen LogP contribution is 2.30. The molecule has 1 aromatic carbocycles. The van der Waals surface area contributed by atoms with Crippen molar-refractivity contribution in [3.05, 3.63) is 71.6 Å². The minimum Gasteiger partial charge on any atom is -0.496 e. The van der Waals surface area contributed by atoms with Crippen molar-refractivity contribution in [2.24, 2.45) is 7.05 Å². The summed E-state index contributed by atoms with van der Waals surface area (Å²) in [4.78, 5) is 23.1. The molecule has 3 heterocycles. The third-order valence-electron chi connectivity index (χ3n) is 5.75. The van der Waals surface area contributed by atoms with Gasteiger partial charge in [0.25, 0.3) is 5.91 Å². The van der Waals surface area contributed by atoms with Crippen LogP contribution < -0.4 is 10.1 Å². The van der Waals surface area contributed by atoms with Gasteiger partial charge in [0.2, 0.25) is 0 Å². The summed E-state index contributed by atoms with van der Waals surface area (Å²) in [6.45, 7) is 8.23. The maximum absolute atomic E-state index is 13.7. The Morgan fingerprint density at radius 1 is 1.15 bits per heavy atom. The van der Waals surface area contributed by atoms with Gasteiger partial charge in [-0.3, -0.25) is 4.79 Å². The van der Waals surface area contributed by atoms with Gasteiger partial charge < -0.3 is 14.6 Å². The van der Waals surface area contributed by atoms with Gasteiger partial charge in [-0.2, -0.15) is 5.10 Å². The first kappa shape index (κ1) is 22.5. The number of aromatic nitrogens is 5. The zero-order chi connectivity index (χ0) is 23.7. The Morgan fingerprint density at radius 3 is 2.55 bits per heavy atom. The summed E-state index contributed by atoms with van der Waals surface area (Å²) in [5.74, 6) is 1.34. The van der Waals surface area contributed by atoms with Gasteiger partial charge in [0.05, 0.1) is 24.3 Å². The number of nitrogens with one attached hydrogen (secondary N) is 1. The second kappa shape index (κ2) is 9.05. The zero-order valence-electron chi connectivity index (χ0n) is 19.9. The van der Waals surface area contributed by atoms with Crippen molar-refractivity contribution in [2.75, 3.05) is 7.11 Å². The molecule has 172 valence electrons. The lowest BCUT2D eigenvalue weighted by atomic mass is 10.0. The van der Waals surface area contributed by atoms with Crippen molar-refractivity contribution in [3.8, 4) is 5.75 Å². The summed E-state index contributed by atoms with van der Waals surface area (Å²) in [7, 11) is 3.53. The van der Waals surface area contributed by atoms with Gasteiger partial charge >= 0.3 is 0 Å². The van der Waals surface area contributed by atoms with Crippen LogP contribution in [-0.4, -0.2) is 37.3 Å². The zero-order valence-corrected chi connectivity index (χ0v) is 19.9. The number of aryl methyl sites for hydroxylation is 1. The summed E-state index contributed by atoms with van der Waals surface area (Å²) in [5.41, 5.74) is 2.94. The quantitative estimate of drug-likeness (QED) is 0.455. The van der Waals surface area contributed by atoms with Crippen molar-refractivity contribution in [1.82, 2.24) is 29.6 Å². The molecule has 0 aliphatic heterocycles. The van der Waals surface area contributed by atoms with Crippen LogP contribution in [0.2, 0.25) is 0 Å². The Hall–Kier alpha value is -3.68. The SMILES string of the molecule is COc1ccccc1C(NC(=O)c1cc(C(C)C)nc2c1cnn2C(C)C)c1nccn1C. The van der Waals surface area contributed by atoms with Crippen molar-refractivity contribution in [2.45, 2.75) is 45.7 Å². The molecule has 1 amide bonds. The fraction of sp³-hybridized carbons (Fsp3) is 0.360. The minimum absolute atomic E-state index is 0.127. The van der Waals surface area contributed by atoms with E-state index in [0.717, 1.165) is 16.6 Å². The molecule has 3 aromatic heterocycles. The van der Waals surface area contributed by atoms with E-state index in [1.807, 2.05) is 52.8 Å². The third kappa shape index (κ3) is 4.20. The number of para-hydroxylation sites is 1. The Kier molecular flexibility index (Phi) is 6.18. The molecule has 0 saturated heterocycles. The third-order valence-corrected chi connectivity index (χ3v) is 5.75. The van der Waals surface area contributed by atoms with Crippen molar-refractivity contribution in [3.63, 3.8) is 0 Å². The number of pyridine rings is 1. The number of hydrogen-bond acceptors (Lipinski definition) is 5. The fourth-order valence-corrected chi connectivity index (χ4v) is 3.95. The van der Waals surface area contributed by atoms with Crippen LogP contribution in [0.5, 0.6) is 5.75 Å². The van der Waals surface area contributed by atoms with Crippen LogP contribution in [0.25, 0.3) is 11.0 Å². The number of carbonyl (C=O) groups excluding carboxylic acids is 1. The lowest BCUT2D eigenvalue weighted by Crippen LogP contribution is -2.31. The van der Waals surface area contributed by atoms with Crippen LogP contribution in [0.4, 0.5) is 0 Å². The van der Waals surface area contributed by atoms with Crippen LogP contribution in [-0.2, 0) is 7.05 Å². The number of nitrogens with zero attached hydrogens (tertiary/aromatic N) is 5. The molecule has 0 radical (unpaired) electrons. The highest BCUT2D eigenvalue weighted by Gasteiger charge is 2.26. The Morgan fingerprint density at radius 2 is 1.91 bits per heavy atom. The first-order chi connectivity index (χ1) is 15.8. The van der Waals surface area contributed by atoms with E-state index < -0.39 is 6.04 Å². The number of rotatable bonds is 7.